The third kappa shape index (κ3) is 3.72. The number of hydrogen-bond donors (Lipinski definition) is 0. The molecular weight excluding hydrogens is 265 g/mol. The van der Waals surface area contributed by atoms with E-state index >= 15 is 0 Å². The number of alkyl halides is 3. The zero-order valence-corrected chi connectivity index (χ0v) is 11.1. The van der Waals surface area contributed by atoms with Crippen LogP contribution in [0, 0.1) is 0 Å². The first-order chi connectivity index (χ1) is 7.14. The molecule has 0 unspecified atom stereocenters. The molecular formula is C7H15F3O4SSi. The van der Waals surface area contributed by atoms with Gasteiger partial charge in [0.1, 0.15) is 0 Å². The van der Waals surface area contributed by atoms with Gasteiger partial charge in [0.15, 0.2) is 0 Å². The van der Waals surface area contributed by atoms with Crippen LogP contribution in [0.15, 0.2) is 0 Å². The summed E-state index contributed by atoms with van der Waals surface area (Å²) in [5.74, 6) is 0. The van der Waals surface area contributed by atoms with Crippen LogP contribution in [0.1, 0.15) is 20.8 Å². The zero-order valence-electron chi connectivity index (χ0n) is 9.30. The molecule has 0 saturated heterocycles. The van der Waals surface area contributed by atoms with Gasteiger partial charge in [0, 0.05) is 0 Å². The van der Waals surface area contributed by atoms with Gasteiger partial charge in [-0.3, -0.25) is 4.58 Å². The summed E-state index contributed by atoms with van der Waals surface area (Å²) in [6, 6.07) is 1.48. The van der Waals surface area contributed by atoms with E-state index in [0.29, 0.717) is 18.1 Å². The van der Waals surface area contributed by atoms with E-state index in [-0.39, 0.29) is 0 Å². The molecule has 0 aliphatic carbocycles. The fourth-order valence-electron chi connectivity index (χ4n) is 1.08. The lowest BCUT2D eigenvalue weighted by molar-refractivity contribution is -0.139. The van der Waals surface area contributed by atoms with Crippen LogP contribution < -0.4 is 0 Å². The van der Waals surface area contributed by atoms with Crippen molar-refractivity contribution in [1.29, 1.82) is 0 Å². The topological polar surface area (TPSA) is 52.6 Å². The summed E-state index contributed by atoms with van der Waals surface area (Å²) in [5, 5.41) is 0. The fourth-order valence-corrected chi connectivity index (χ4v) is 3.95. The third-order valence-corrected chi connectivity index (χ3v) is 7.75. The van der Waals surface area contributed by atoms with Gasteiger partial charge in [0.2, 0.25) is 8.32 Å². The second-order valence-corrected chi connectivity index (χ2v) is 9.46. The second-order valence-electron chi connectivity index (χ2n) is 3.29. The first-order valence-corrected chi connectivity index (χ1v) is 8.76. The van der Waals surface area contributed by atoms with E-state index < -0.39 is 23.9 Å². The lowest BCUT2D eigenvalue weighted by atomic mass is 10.9. The van der Waals surface area contributed by atoms with Gasteiger partial charge >= 0.3 is 15.6 Å². The van der Waals surface area contributed by atoms with Gasteiger partial charge in [-0.05, 0) is 18.1 Å². The summed E-state index contributed by atoms with van der Waals surface area (Å²) < 4.78 is 65.3. The Balaban J connectivity index is 4.68. The Bertz CT molecular complexity index is 302. The van der Waals surface area contributed by atoms with Gasteiger partial charge in [0.05, 0.1) is 0 Å². The maximum Gasteiger partial charge on any atom is 0.525 e. The van der Waals surface area contributed by atoms with Crippen LogP contribution in [-0.4, -0.2) is 22.2 Å². The first-order valence-electron chi connectivity index (χ1n) is 4.82. The van der Waals surface area contributed by atoms with Gasteiger partial charge in [-0.15, -0.1) is 4.33 Å². The summed E-state index contributed by atoms with van der Waals surface area (Å²) >= 11 is 0. The Labute approximate surface area is 93.9 Å². The van der Waals surface area contributed by atoms with Crippen LogP contribution in [0.3, 0.4) is 0 Å². The molecule has 0 radical (unpaired) electrons. The van der Waals surface area contributed by atoms with E-state index in [1.807, 2.05) is 0 Å². The van der Waals surface area contributed by atoms with Crippen molar-refractivity contribution in [3.05, 3.63) is 0 Å². The molecule has 4 nitrogen and oxygen atoms in total. The van der Waals surface area contributed by atoms with Crippen molar-refractivity contribution in [1.82, 2.24) is 0 Å². The van der Waals surface area contributed by atoms with Gasteiger partial charge in [0.25, 0.3) is 0 Å². The Morgan fingerprint density at radius 3 is 1.69 bits per heavy atom. The van der Waals surface area contributed by atoms with Crippen molar-refractivity contribution in [2.24, 2.45) is 0 Å². The molecule has 0 fully saturated rings. The molecule has 0 amide bonds. The van der Waals surface area contributed by atoms with E-state index in [1.165, 1.54) is 0 Å². The summed E-state index contributed by atoms with van der Waals surface area (Å²) in [4.78, 5) is 0. The van der Waals surface area contributed by atoms with Crippen molar-refractivity contribution in [2.75, 3.05) is 0 Å². The lowest BCUT2D eigenvalue weighted by Gasteiger charge is -2.25. The highest BCUT2D eigenvalue weighted by Crippen LogP contribution is 2.28. The molecule has 16 heavy (non-hydrogen) atoms. The molecule has 0 aromatic carbocycles. The van der Waals surface area contributed by atoms with Crippen LogP contribution in [0.5, 0.6) is 0 Å². The average Bonchev–Trinajstić information content (AvgIpc) is 2.19. The smallest absolute Gasteiger partial charge is 0.270 e. The van der Waals surface area contributed by atoms with E-state index in [2.05, 4.69) is 8.91 Å². The largest absolute Gasteiger partial charge is 0.525 e. The van der Waals surface area contributed by atoms with Crippen molar-refractivity contribution in [3.63, 3.8) is 0 Å². The van der Waals surface area contributed by atoms with E-state index in [4.69, 9.17) is 0 Å². The fraction of sp³-hybridized carbons (Fsp3) is 1.00. The molecule has 0 N–H and O–H groups in total. The maximum absolute atomic E-state index is 11.9. The summed E-state index contributed by atoms with van der Waals surface area (Å²) in [6.45, 7) is 5.22. The lowest BCUT2D eigenvalue weighted by Crippen LogP contribution is -2.38. The number of hydrogen-bond acceptors (Lipinski definition) is 4. The van der Waals surface area contributed by atoms with E-state index in [9.17, 15) is 21.6 Å². The molecule has 0 aromatic heterocycles. The Morgan fingerprint density at radius 2 is 1.44 bits per heavy atom. The van der Waals surface area contributed by atoms with Crippen molar-refractivity contribution < 1.29 is 30.5 Å². The highest BCUT2D eigenvalue weighted by molar-refractivity contribution is 7.87. The Morgan fingerprint density at radius 1 is 1.06 bits per heavy atom. The standard InChI is InChI=1S/C7H15F3O4SSi/c1-4-16(5-2,6-3)14-13-15(11,12)7(8,9)10/h4-6H2,1-3H3. The van der Waals surface area contributed by atoms with Crippen LogP contribution in [0.2, 0.25) is 18.1 Å². The molecule has 0 saturated carbocycles. The summed E-state index contributed by atoms with van der Waals surface area (Å²) in [7, 11) is -8.16. The number of rotatable bonds is 6. The normalized spacial score (nSPS) is 14.1. The quantitative estimate of drug-likeness (QED) is 0.325. The Kier molecular flexibility index (Phi) is 5.43. The summed E-state index contributed by atoms with van der Waals surface area (Å²) in [6.07, 6.45) is 0. The van der Waals surface area contributed by atoms with Crippen LogP contribution >= 0.6 is 0 Å². The second kappa shape index (κ2) is 5.47. The SMILES string of the molecule is CC[Si](CC)(CC)OOS(=O)(=O)C(F)(F)F. The van der Waals surface area contributed by atoms with Crippen molar-refractivity contribution in [3.8, 4) is 0 Å². The molecule has 0 aliphatic rings. The highest BCUT2D eigenvalue weighted by atomic mass is 32.2. The van der Waals surface area contributed by atoms with Gasteiger partial charge in [-0.2, -0.15) is 21.6 Å². The van der Waals surface area contributed by atoms with E-state index in [1.54, 1.807) is 20.8 Å². The first kappa shape index (κ1) is 15.9. The van der Waals surface area contributed by atoms with Crippen LogP contribution in [0.25, 0.3) is 0 Å². The molecule has 0 aliphatic heterocycles. The Hall–Kier alpha value is -0.123. The molecule has 0 bridgehead atoms. The predicted octanol–water partition coefficient (Wildman–Crippen LogP) is 2.79. The molecule has 0 heterocycles. The zero-order chi connectivity index (χ0) is 13.0. The highest BCUT2D eigenvalue weighted by Gasteiger charge is 2.49. The van der Waals surface area contributed by atoms with E-state index in [0.717, 1.165) is 0 Å². The van der Waals surface area contributed by atoms with Gasteiger partial charge < -0.3 is 0 Å². The van der Waals surface area contributed by atoms with Crippen molar-refractivity contribution >= 4 is 18.4 Å². The monoisotopic (exact) mass is 280 g/mol. The van der Waals surface area contributed by atoms with Gasteiger partial charge in [-0.1, -0.05) is 20.8 Å². The van der Waals surface area contributed by atoms with Crippen molar-refractivity contribution in [2.45, 2.75) is 44.4 Å². The average molecular weight is 280 g/mol. The minimum absolute atomic E-state index is 0.493. The minimum Gasteiger partial charge on any atom is -0.270 e. The molecule has 0 rings (SSSR count). The predicted molar refractivity (Wildman–Crippen MR) is 54.3 cm³/mol. The molecule has 0 spiro atoms. The third-order valence-electron chi connectivity index (χ3n) is 2.52. The molecule has 9 heteroatoms. The number of halogens is 3. The molecule has 98 valence electrons. The molecule has 0 aromatic rings. The van der Waals surface area contributed by atoms with Crippen LogP contribution in [0.4, 0.5) is 13.2 Å². The summed E-state index contributed by atoms with van der Waals surface area (Å²) in [5.41, 5.74) is -5.44. The van der Waals surface area contributed by atoms with Gasteiger partial charge in [-0.25, -0.2) is 0 Å². The van der Waals surface area contributed by atoms with Crippen LogP contribution in [-0.2, 0) is 19.0 Å². The minimum atomic E-state index is -5.65. The molecule has 0 atom stereocenters. The maximum atomic E-state index is 11.9.